The Bertz CT molecular complexity index is 1220. The second-order valence-electron chi connectivity index (χ2n) is 7.27. The second kappa shape index (κ2) is 9.22. The molecule has 0 atom stereocenters. The van der Waals surface area contributed by atoms with E-state index in [9.17, 15) is 13.2 Å². The molecule has 162 valence electrons. The van der Waals surface area contributed by atoms with E-state index in [0.717, 1.165) is 11.1 Å². The fourth-order valence-electron chi connectivity index (χ4n) is 3.09. The van der Waals surface area contributed by atoms with Crippen molar-refractivity contribution in [2.24, 2.45) is 0 Å². The number of nitrogens with one attached hydrogen (secondary N) is 2. The summed E-state index contributed by atoms with van der Waals surface area (Å²) in [4.78, 5) is 12.9. The molecular formula is C24H26N2O4S. The Hall–Kier alpha value is -3.32. The number of amides is 1. The van der Waals surface area contributed by atoms with E-state index >= 15 is 0 Å². The summed E-state index contributed by atoms with van der Waals surface area (Å²) in [6, 6.07) is 17.1. The lowest BCUT2D eigenvalue weighted by Crippen LogP contribution is -2.17. The van der Waals surface area contributed by atoms with Gasteiger partial charge < -0.3 is 10.1 Å². The number of carbonyl (C=O) groups is 1. The third-order valence-corrected chi connectivity index (χ3v) is 6.46. The standard InChI is InChI=1S/C24H26N2O4S/c1-5-30-22-9-7-6-8-21(22)25-24(27)19-12-10-17(3)23(15-19)31(28,29)26-20-13-11-16(2)18(4)14-20/h6-15,26H,5H2,1-4H3,(H,25,27). The van der Waals surface area contributed by atoms with Gasteiger partial charge in [-0.05, 0) is 80.8 Å². The van der Waals surface area contributed by atoms with E-state index in [2.05, 4.69) is 10.0 Å². The summed E-state index contributed by atoms with van der Waals surface area (Å²) >= 11 is 0. The molecule has 0 unspecified atom stereocenters. The molecule has 31 heavy (non-hydrogen) atoms. The Morgan fingerprint density at radius 3 is 2.32 bits per heavy atom. The summed E-state index contributed by atoms with van der Waals surface area (Å²) in [5, 5.41) is 2.79. The molecule has 0 saturated heterocycles. The molecule has 0 saturated carbocycles. The van der Waals surface area contributed by atoms with Crippen LogP contribution in [0, 0.1) is 20.8 Å². The van der Waals surface area contributed by atoms with E-state index in [-0.39, 0.29) is 10.5 Å². The van der Waals surface area contributed by atoms with Crippen molar-refractivity contribution in [3.05, 3.63) is 82.9 Å². The number of rotatable bonds is 7. The Morgan fingerprint density at radius 1 is 0.903 bits per heavy atom. The molecule has 0 fully saturated rings. The van der Waals surface area contributed by atoms with Crippen molar-refractivity contribution < 1.29 is 17.9 Å². The zero-order valence-electron chi connectivity index (χ0n) is 18.0. The predicted octanol–water partition coefficient (Wildman–Crippen LogP) is 5.06. The minimum absolute atomic E-state index is 0.0523. The number of sulfonamides is 1. The first-order chi connectivity index (χ1) is 14.7. The number of para-hydroxylation sites is 2. The maximum atomic E-state index is 13.0. The van der Waals surface area contributed by atoms with Gasteiger partial charge in [-0.25, -0.2) is 8.42 Å². The number of benzene rings is 3. The Balaban J connectivity index is 1.88. The van der Waals surface area contributed by atoms with Gasteiger partial charge in [-0.15, -0.1) is 0 Å². The van der Waals surface area contributed by atoms with E-state index in [0.29, 0.717) is 29.3 Å². The lowest BCUT2D eigenvalue weighted by Gasteiger charge is -2.14. The van der Waals surface area contributed by atoms with E-state index in [1.807, 2.05) is 32.9 Å². The van der Waals surface area contributed by atoms with Crippen molar-refractivity contribution in [1.82, 2.24) is 0 Å². The molecule has 0 heterocycles. The third kappa shape index (κ3) is 5.24. The van der Waals surface area contributed by atoms with Crippen LogP contribution in [0.4, 0.5) is 11.4 Å². The average Bonchev–Trinajstić information content (AvgIpc) is 2.72. The molecule has 3 aromatic carbocycles. The minimum Gasteiger partial charge on any atom is -0.492 e. The molecule has 2 N–H and O–H groups in total. The Morgan fingerprint density at radius 2 is 1.61 bits per heavy atom. The maximum absolute atomic E-state index is 13.0. The highest BCUT2D eigenvalue weighted by atomic mass is 32.2. The van der Waals surface area contributed by atoms with Gasteiger partial charge in [0.1, 0.15) is 5.75 Å². The fraction of sp³-hybridized carbons (Fsp3) is 0.208. The zero-order chi connectivity index (χ0) is 22.6. The van der Waals surface area contributed by atoms with Crippen LogP contribution in [0.1, 0.15) is 34.0 Å². The third-order valence-electron chi connectivity index (χ3n) is 4.93. The highest BCUT2D eigenvalue weighted by molar-refractivity contribution is 7.92. The Labute approximate surface area is 183 Å². The molecule has 0 aliphatic carbocycles. The van der Waals surface area contributed by atoms with Crippen molar-refractivity contribution in [3.8, 4) is 5.75 Å². The van der Waals surface area contributed by atoms with Crippen LogP contribution >= 0.6 is 0 Å². The van der Waals surface area contributed by atoms with Crippen molar-refractivity contribution in [3.63, 3.8) is 0 Å². The van der Waals surface area contributed by atoms with E-state index in [4.69, 9.17) is 4.74 Å². The number of hydrogen-bond donors (Lipinski definition) is 2. The lowest BCUT2D eigenvalue weighted by atomic mass is 10.1. The Kier molecular flexibility index (Phi) is 6.65. The average molecular weight is 439 g/mol. The highest BCUT2D eigenvalue weighted by Crippen LogP contribution is 2.26. The van der Waals surface area contributed by atoms with E-state index < -0.39 is 15.9 Å². The van der Waals surface area contributed by atoms with E-state index in [1.54, 1.807) is 49.4 Å². The largest absolute Gasteiger partial charge is 0.492 e. The summed E-state index contributed by atoms with van der Waals surface area (Å²) in [6.45, 7) is 7.90. The molecule has 1 amide bonds. The smallest absolute Gasteiger partial charge is 0.262 e. The molecule has 3 aromatic rings. The number of aryl methyl sites for hydroxylation is 3. The quantitative estimate of drug-likeness (QED) is 0.540. The highest BCUT2D eigenvalue weighted by Gasteiger charge is 2.20. The monoisotopic (exact) mass is 438 g/mol. The second-order valence-corrected chi connectivity index (χ2v) is 8.92. The summed E-state index contributed by atoms with van der Waals surface area (Å²) in [7, 11) is -3.87. The molecular weight excluding hydrogens is 412 g/mol. The van der Waals surface area contributed by atoms with Gasteiger partial charge >= 0.3 is 0 Å². The zero-order valence-corrected chi connectivity index (χ0v) is 18.8. The van der Waals surface area contributed by atoms with Crippen molar-refractivity contribution in [2.75, 3.05) is 16.6 Å². The molecule has 0 bridgehead atoms. The number of ether oxygens (including phenoxy) is 1. The van der Waals surface area contributed by atoms with Crippen molar-refractivity contribution >= 4 is 27.3 Å². The minimum atomic E-state index is -3.87. The molecule has 0 aromatic heterocycles. The molecule has 6 nitrogen and oxygen atoms in total. The first-order valence-electron chi connectivity index (χ1n) is 9.95. The van der Waals surface area contributed by atoms with E-state index in [1.165, 1.54) is 6.07 Å². The normalized spacial score (nSPS) is 11.1. The van der Waals surface area contributed by atoms with Gasteiger partial charge in [0.2, 0.25) is 0 Å². The SMILES string of the molecule is CCOc1ccccc1NC(=O)c1ccc(C)c(S(=O)(=O)Nc2ccc(C)c(C)c2)c1. The van der Waals surface area contributed by atoms with Gasteiger partial charge in [0, 0.05) is 11.3 Å². The molecule has 0 spiro atoms. The number of anilines is 2. The van der Waals surface area contributed by atoms with Gasteiger partial charge in [0.05, 0.1) is 17.2 Å². The summed E-state index contributed by atoms with van der Waals surface area (Å²) in [5.41, 5.74) is 3.83. The van der Waals surface area contributed by atoms with Crippen LogP contribution in [-0.4, -0.2) is 20.9 Å². The van der Waals surface area contributed by atoms with Crippen LogP contribution in [-0.2, 0) is 10.0 Å². The van der Waals surface area contributed by atoms with Crippen LogP contribution in [0.2, 0.25) is 0 Å². The first-order valence-corrected chi connectivity index (χ1v) is 11.4. The van der Waals surface area contributed by atoms with Crippen LogP contribution < -0.4 is 14.8 Å². The summed E-state index contributed by atoms with van der Waals surface area (Å²) in [5.74, 6) is 0.129. The molecule has 7 heteroatoms. The first kappa shape index (κ1) is 22.4. The molecule has 0 aliphatic rings. The maximum Gasteiger partial charge on any atom is 0.262 e. The van der Waals surface area contributed by atoms with Crippen molar-refractivity contribution in [2.45, 2.75) is 32.6 Å². The van der Waals surface area contributed by atoms with Crippen molar-refractivity contribution in [1.29, 1.82) is 0 Å². The van der Waals surface area contributed by atoms with Gasteiger partial charge in [-0.1, -0.05) is 24.3 Å². The fourth-order valence-corrected chi connectivity index (χ4v) is 4.41. The molecule has 0 aliphatic heterocycles. The van der Waals surface area contributed by atoms with Crippen LogP contribution in [0.3, 0.4) is 0 Å². The molecule has 0 radical (unpaired) electrons. The lowest BCUT2D eigenvalue weighted by molar-refractivity contribution is 0.102. The van der Waals surface area contributed by atoms with Gasteiger partial charge in [-0.3, -0.25) is 9.52 Å². The predicted molar refractivity (Wildman–Crippen MR) is 123 cm³/mol. The van der Waals surface area contributed by atoms with Crippen LogP contribution in [0.5, 0.6) is 5.75 Å². The topological polar surface area (TPSA) is 84.5 Å². The van der Waals surface area contributed by atoms with Gasteiger partial charge in [0.15, 0.2) is 0 Å². The van der Waals surface area contributed by atoms with Crippen LogP contribution in [0.25, 0.3) is 0 Å². The number of hydrogen-bond acceptors (Lipinski definition) is 4. The molecule has 3 rings (SSSR count). The van der Waals surface area contributed by atoms with Gasteiger partial charge in [-0.2, -0.15) is 0 Å². The van der Waals surface area contributed by atoms with Gasteiger partial charge in [0.25, 0.3) is 15.9 Å². The van der Waals surface area contributed by atoms with Crippen LogP contribution in [0.15, 0.2) is 65.6 Å². The summed E-state index contributed by atoms with van der Waals surface area (Å²) in [6.07, 6.45) is 0. The summed E-state index contributed by atoms with van der Waals surface area (Å²) < 4.78 is 34.2. The number of carbonyl (C=O) groups excluding carboxylic acids is 1.